The Morgan fingerprint density at radius 2 is 1.74 bits per heavy atom. The van der Waals surface area contributed by atoms with E-state index in [4.69, 9.17) is 4.74 Å². The first-order valence-corrected chi connectivity index (χ1v) is 14.0. The van der Waals surface area contributed by atoms with Crippen LogP contribution < -0.4 is 0 Å². The summed E-state index contributed by atoms with van der Waals surface area (Å²) < 4.78 is 57.0. The molecule has 0 unspecified atom stereocenters. The highest BCUT2D eigenvalue weighted by Gasteiger charge is 2.47. The lowest BCUT2D eigenvalue weighted by Gasteiger charge is -2.53. The number of ether oxygens (including phenoxy) is 1. The van der Waals surface area contributed by atoms with Crippen LogP contribution in [0.5, 0.6) is 0 Å². The lowest BCUT2D eigenvalue weighted by atomic mass is 9.72. The number of likely N-dealkylation sites (tertiary alicyclic amines) is 2. The number of fused-ring (bicyclic) bond motifs is 1. The molecule has 2 aliphatic rings. The number of halogens is 2. The molecule has 3 aromatic rings. The second kappa shape index (κ2) is 9.29. The monoisotopic (exact) mass is 547 g/mol. The summed E-state index contributed by atoms with van der Waals surface area (Å²) in [4.78, 5) is 28.6. The van der Waals surface area contributed by atoms with Crippen LogP contribution in [0.4, 0.5) is 13.6 Å². The molecule has 5 rings (SSSR count). The summed E-state index contributed by atoms with van der Waals surface area (Å²) >= 11 is 0. The zero-order valence-electron chi connectivity index (χ0n) is 20.9. The molecule has 0 atom stereocenters. The maximum atomic E-state index is 13.9. The van der Waals surface area contributed by atoms with Crippen LogP contribution in [-0.4, -0.2) is 78.1 Å². The summed E-state index contributed by atoms with van der Waals surface area (Å²) in [6.07, 6.45) is 1.74. The third kappa shape index (κ3) is 5.19. The number of aromatic nitrogens is 3. The second-order valence-electron chi connectivity index (χ2n) is 10.3. The number of carbonyl (C=O) groups is 2. The Morgan fingerprint density at radius 1 is 1.05 bits per heavy atom. The molecule has 13 heteroatoms. The number of alkyl halides is 2. The fraction of sp³-hybridized carbons (Fsp3) is 0.440. The van der Waals surface area contributed by atoms with E-state index in [-0.39, 0.29) is 28.4 Å². The largest absolute Gasteiger partial charge is 0.445 e. The zero-order chi connectivity index (χ0) is 27.3. The molecule has 2 amide bonds. The molecule has 1 aromatic heterocycles. The number of rotatable bonds is 5. The van der Waals surface area contributed by atoms with Crippen LogP contribution in [-0.2, 0) is 27.1 Å². The number of nitrogens with zero attached hydrogens (tertiary/aromatic N) is 4. The summed E-state index contributed by atoms with van der Waals surface area (Å²) in [5, 5.41) is 10.5. The van der Waals surface area contributed by atoms with Gasteiger partial charge in [-0.3, -0.25) is 4.79 Å². The van der Waals surface area contributed by atoms with Crippen LogP contribution >= 0.6 is 0 Å². The van der Waals surface area contributed by atoms with Crippen molar-refractivity contribution in [1.29, 1.82) is 0 Å². The highest BCUT2D eigenvalue weighted by Crippen LogP contribution is 2.41. The van der Waals surface area contributed by atoms with Gasteiger partial charge in [0.05, 0.1) is 4.90 Å². The standard InChI is InChI=1S/C25H27F2N5O5S/c1-24(26,27)18-9-16(10-19(12-18)38(2,35)36)13-37-23(34)31-7-5-25(6-8-31)14-32(15-25)22(33)17-3-4-20-21(11-17)29-30-28-20/h3-4,9-12H,5-8,13-15H2,1-2H3,(H,28,29,30). The van der Waals surface area contributed by atoms with Crippen LogP contribution in [0.15, 0.2) is 41.3 Å². The second-order valence-corrected chi connectivity index (χ2v) is 12.3. The first-order chi connectivity index (χ1) is 17.8. The van der Waals surface area contributed by atoms with Gasteiger partial charge in [0.25, 0.3) is 11.8 Å². The number of nitrogens with one attached hydrogen (secondary N) is 1. The van der Waals surface area contributed by atoms with Gasteiger partial charge in [-0.2, -0.15) is 15.4 Å². The SMILES string of the molecule is CC(F)(F)c1cc(COC(=O)N2CCC3(CC2)CN(C(=O)c2ccc4n[nH]nc4c2)C3)cc(S(C)(=O)=O)c1. The summed E-state index contributed by atoms with van der Waals surface area (Å²) in [7, 11) is -3.73. The number of amides is 2. The highest BCUT2D eigenvalue weighted by atomic mass is 32.2. The van der Waals surface area contributed by atoms with Crippen molar-refractivity contribution in [1.82, 2.24) is 25.2 Å². The average Bonchev–Trinajstić information content (AvgIpc) is 3.32. The van der Waals surface area contributed by atoms with Gasteiger partial charge in [0.1, 0.15) is 17.6 Å². The molecule has 2 fully saturated rings. The maximum absolute atomic E-state index is 13.9. The number of H-pyrrole nitrogens is 1. The summed E-state index contributed by atoms with van der Waals surface area (Å²) in [5.74, 6) is -3.32. The van der Waals surface area contributed by atoms with Gasteiger partial charge in [-0.05, 0) is 54.8 Å². The minimum atomic E-state index is -3.73. The highest BCUT2D eigenvalue weighted by molar-refractivity contribution is 7.90. The van der Waals surface area contributed by atoms with Gasteiger partial charge in [-0.1, -0.05) is 0 Å². The van der Waals surface area contributed by atoms with E-state index in [0.717, 1.165) is 18.4 Å². The Kier molecular flexibility index (Phi) is 6.36. The summed E-state index contributed by atoms with van der Waals surface area (Å²) in [5.41, 5.74) is 1.51. The topological polar surface area (TPSA) is 126 Å². The van der Waals surface area contributed by atoms with Gasteiger partial charge < -0.3 is 14.5 Å². The van der Waals surface area contributed by atoms with Crippen molar-refractivity contribution in [3.63, 3.8) is 0 Å². The van der Waals surface area contributed by atoms with Gasteiger partial charge >= 0.3 is 6.09 Å². The minimum absolute atomic E-state index is 0.0597. The third-order valence-corrected chi connectivity index (χ3v) is 8.34. The Balaban J connectivity index is 1.15. The van der Waals surface area contributed by atoms with Crippen molar-refractivity contribution in [2.45, 2.75) is 37.2 Å². The first-order valence-electron chi connectivity index (χ1n) is 12.1. The molecule has 0 radical (unpaired) electrons. The van der Waals surface area contributed by atoms with E-state index in [9.17, 15) is 26.8 Å². The van der Waals surface area contributed by atoms with Crippen molar-refractivity contribution < 1.29 is 31.5 Å². The van der Waals surface area contributed by atoms with E-state index < -0.39 is 27.4 Å². The van der Waals surface area contributed by atoms with E-state index in [0.29, 0.717) is 62.5 Å². The van der Waals surface area contributed by atoms with Crippen molar-refractivity contribution in [2.24, 2.45) is 5.41 Å². The van der Waals surface area contributed by atoms with Gasteiger partial charge in [-0.15, -0.1) is 0 Å². The zero-order valence-corrected chi connectivity index (χ0v) is 21.7. The molecule has 38 heavy (non-hydrogen) atoms. The predicted octanol–water partition coefficient (Wildman–Crippen LogP) is 3.35. The summed E-state index contributed by atoms with van der Waals surface area (Å²) in [6.45, 7) is 2.42. The van der Waals surface area contributed by atoms with E-state index >= 15 is 0 Å². The average molecular weight is 548 g/mol. The molecule has 0 bridgehead atoms. The van der Waals surface area contributed by atoms with Gasteiger partial charge in [0.15, 0.2) is 9.84 Å². The fourth-order valence-corrected chi connectivity index (χ4v) is 5.70. The molecule has 202 valence electrons. The fourth-order valence-electron chi connectivity index (χ4n) is 4.99. The van der Waals surface area contributed by atoms with Crippen LogP contribution in [0.1, 0.15) is 41.3 Å². The smallest absolute Gasteiger partial charge is 0.410 e. The number of sulfone groups is 1. The van der Waals surface area contributed by atoms with Crippen molar-refractivity contribution >= 4 is 32.9 Å². The molecule has 0 aliphatic carbocycles. The molecule has 10 nitrogen and oxygen atoms in total. The van der Waals surface area contributed by atoms with Crippen LogP contribution in [0.25, 0.3) is 11.0 Å². The Hall–Kier alpha value is -3.61. The molecule has 1 spiro atoms. The quantitative estimate of drug-likeness (QED) is 0.519. The number of aromatic amines is 1. The van der Waals surface area contributed by atoms with Crippen molar-refractivity contribution in [2.75, 3.05) is 32.4 Å². The molecule has 3 heterocycles. The van der Waals surface area contributed by atoms with Gasteiger partial charge in [0.2, 0.25) is 0 Å². The van der Waals surface area contributed by atoms with Crippen LogP contribution in [0.2, 0.25) is 0 Å². The number of piperidine rings is 1. The molecule has 2 aliphatic heterocycles. The van der Waals surface area contributed by atoms with E-state index in [2.05, 4.69) is 15.4 Å². The molecular formula is C25H27F2N5O5S. The molecule has 0 saturated carbocycles. The van der Waals surface area contributed by atoms with E-state index in [1.165, 1.54) is 6.07 Å². The summed E-state index contributed by atoms with van der Waals surface area (Å²) in [6, 6.07) is 8.51. The van der Waals surface area contributed by atoms with Gasteiger partial charge in [0, 0.05) is 55.9 Å². The van der Waals surface area contributed by atoms with Crippen LogP contribution in [0, 0.1) is 5.41 Å². The van der Waals surface area contributed by atoms with E-state index in [1.807, 2.05) is 0 Å². The van der Waals surface area contributed by atoms with Crippen molar-refractivity contribution in [3.05, 3.63) is 53.1 Å². The molecule has 1 N–H and O–H groups in total. The van der Waals surface area contributed by atoms with Crippen LogP contribution in [0.3, 0.4) is 0 Å². The van der Waals surface area contributed by atoms with E-state index in [1.54, 1.807) is 28.0 Å². The van der Waals surface area contributed by atoms with Gasteiger partial charge in [-0.25, -0.2) is 22.0 Å². The number of carbonyl (C=O) groups excluding carboxylic acids is 2. The predicted molar refractivity (Wildman–Crippen MR) is 132 cm³/mol. The maximum Gasteiger partial charge on any atom is 0.410 e. The first kappa shape index (κ1) is 26.0. The third-order valence-electron chi connectivity index (χ3n) is 7.25. The molecular weight excluding hydrogens is 520 g/mol. The Labute approximate surface area is 217 Å². The van der Waals surface area contributed by atoms with Crippen molar-refractivity contribution in [3.8, 4) is 0 Å². The lowest BCUT2D eigenvalue weighted by Crippen LogP contribution is -2.62. The normalized spacial score (nSPS) is 17.5. The molecule has 2 aromatic carbocycles. The lowest BCUT2D eigenvalue weighted by molar-refractivity contribution is -0.0319. The Bertz CT molecular complexity index is 1500. The Morgan fingerprint density at radius 3 is 2.39 bits per heavy atom. The number of hydrogen-bond acceptors (Lipinski definition) is 7. The molecule has 2 saturated heterocycles. The minimum Gasteiger partial charge on any atom is -0.445 e. The number of benzene rings is 2. The number of hydrogen-bond donors (Lipinski definition) is 1.